The van der Waals surface area contributed by atoms with Gasteiger partial charge in [-0.15, -0.1) is 0 Å². The summed E-state index contributed by atoms with van der Waals surface area (Å²) in [5, 5.41) is 18.7. The van der Waals surface area contributed by atoms with E-state index >= 15 is 0 Å². The minimum atomic E-state index is -0.873. The highest BCUT2D eigenvalue weighted by Gasteiger charge is 2.32. The zero-order valence-corrected chi connectivity index (χ0v) is 10.3. The van der Waals surface area contributed by atoms with Crippen molar-refractivity contribution in [2.75, 3.05) is 19.7 Å². The largest absolute Gasteiger partial charge is 0.493 e. The Bertz CT molecular complexity index is 427. The van der Waals surface area contributed by atoms with E-state index in [-0.39, 0.29) is 37.8 Å². The minimum Gasteiger partial charge on any atom is -0.493 e. The van der Waals surface area contributed by atoms with Gasteiger partial charge in [0.1, 0.15) is 11.6 Å². The molecular weight excluding hydrogens is 253 g/mol. The molecule has 2 N–H and O–H groups in total. The molecule has 1 heterocycles. The van der Waals surface area contributed by atoms with Crippen LogP contribution in [-0.4, -0.2) is 52.9 Å². The van der Waals surface area contributed by atoms with Crippen molar-refractivity contribution in [1.29, 1.82) is 0 Å². The normalized spacial score (nSPS) is 22.6. The molecular formula is C13H16FNO4. The highest BCUT2D eigenvalue weighted by atomic mass is 19.1. The lowest BCUT2D eigenvalue weighted by atomic mass is 10.3. The molecule has 1 amide bonds. The van der Waals surface area contributed by atoms with E-state index in [0.717, 1.165) is 0 Å². The average Bonchev–Trinajstić information content (AvgIpc) is 2.72. The zero-order valence-electron chi connectivity index (χ0n) is 10.3. The van der Waals surface area contributed by atoms with Crippen LogP contribution in [-0.2, 0) is 4.79 Å². The number of rotatable bonds is 4. The van der Waals surface area contributed by atoms with Gasteiger partial charge in [-0.3, -0.25) is 4.79 Å². The molecule has 6 heteroatoms. The smallest absolute Gasteiger partial charge is 0.226 e. The van der Waals surface area contributed by atoms with Crippen molar-refractivity contribution >= 4 is 5.91 Å². The molecule has 104 valence electrons. The zero-order chi connectivity index (χ0) is 13.8. The lowest BCUT2D eigenvalue weighted by Gasteiger charge is -2.15. The molecule has 2 atom stereocenters. The Morgan fingerprint density at radius 1 is 1.26 bits per heavy atom. The maximum Gasteiger partial charge on any atom is 0.226 e. The summed E-state index contributed by atoms with van der Waals surface area (Å²) in [5.74, 6) is -0.0307. The van der Waals surface area contributed by atoms with Crippen LogP contribution in [0.5, 0.6) is 5.75 Å². The average molecular weight is 269 g/mol. The third-order valence-electron chi connectivity index (χ3n) is 3.01. The van der Waals surface area contributed by atoms with E-state index in [1.54, 1.807) is 0 Å². The molecule has 1 aromatic carbocycles. The summed E-state index contributed by atoms with van der Waals surface area (Å²) in [6, 6.07) is 5.54. The van der Waals surface area contributed by atoms with Crippen LogP contribution in [0.2, 0.25) is 0 Å². The Labute approximate surface area is 110 Å². The van der Waals surface area contributed by atoms with Gasteiger partial charge in [-0.25, -0.2) is 4.39 Å². The highest BCUT2D eigenvalue weighted by molar-refractivity contribution is 5.76. The summed E-state index contributed by atoms with van der Waals surface area (Å²) < 4.78 is 18.0. The molecule has 5 nitrogen and oxygen atoms in total. The maximum atomic E-state index is 12.7. The van der Waals surface area contributed by atoms with Gasteiger partial charge in [-0.05, 0) is 24.3 Å². The molecule has 0 aromatic heterocycles. The van der Waals surface area contributed by atoms with Gasteiger partial charge in [-0.2, -0.15) is 0 Å². The summed E-state index contributed by atoms with van der Waals surface area (Å²) in [6.07, 6.45) is -1.60. The fourth-order valence-electron chi connectivity index (χ4n) is 1.92. The molecule has 1 saturated heterocycles. The van der Waals surface area contributed by atoms with Gasteiger partial charge in [0.25, 0.3) is 0 Å². The molecule has 1 aromatic rings. The van der Waals surface area contributed by atoms with Crippen molar-refractivity contribution in [2.45, 2.75) is 18.6 Å². The van der Waals surface area contributed by atoms with E-state index in [4.69, 9.17) is 4.74 Å². The lowest BCUT2D eigenvalue weighted by Crippen LogP contribution is -2.30. The number of halogens is 1. The Balaban J connectivity index is 1.74. The van der Waals surface area contributed by atoms with Crippen LogP contribution in [0.3, 0.4) is 0 Å². The molecule has 0 bridgehead atoms. The number of benzene rings is 1. The Morgan fingerprint density at radius 3 is 2.42 bits per heavy atom. The van der Waals surface area contributed by atoms with Gasteiger partial charge in [0, 0.05) is 13.1 Å². The number of amides is 1. The van der Waals surface area contributed by atoms with E-state index in [1.807, 2.05) is 0 Å². The van der Waals surface area contributed by atoms with Crippen LogP contribution in [0, 0.1) is 5.82 Å². The molecule has 1 fully saturated rings. The minimum absolute atomic E-state index is 0.149. The summed E-state index contributed by atoms with van der Waals surface area (Å²) in [5.41, 5.74) is 0. The second-order valence-electron chi connectivity index (χ2n) is 4.49. The highest BCUT2D eigenvalue weighted by Crippen LogP contribution is 2.13. The third kappa shape index (κ3) is 3.65. The topological polar surface area (TPSA) is 70.0 Å². The van der Waals surface area contributed by atoms with Crippen LogP contribution in [0.1, 0.15) is 6.42 Å². The molecule has 0 saturated carbocycles. The molecule has 2 rings (SSSR count). The maximum absolute atomic E-state index is 12.7. The van der Waals surface area contributed by atoms with Gasteiger partial charge >= 0.3 is 0 Å². The second-order valence-corrected chi connectivity index (χ2v) is 4.49. The van der Waals surface area contributed by atoms with Gasteiger partial charge in [0.15, 0.2) is 0 Å². The van der Waals surface area contributed by atoms with Crippen molar-refractivity contribution in [1.82, 2.24) is 4.90 Å². The first-order valence-electron chi connectivity index (χ1n) is 6.08. The summed E-state index contributed by atoms with van der Waals surface area (Å²) in [7, 11) is 0. The van der Waals surface area contributed by atoms with Gasteiger partial charge in [0.2, 0.25) is 5.91 Å². The molecule has 0 spiro atoms. The molecule has 0 radical (unpaired) electrons. The van der Waals surface area contributed by atoms with E-state index < -0.39 is 12.2 Å². The van der Waals surface area contributed by atoms with Crippen molar-refractivity contribution in [2.24, 2.45) is 0 Å². The predicted octanol–water partition coefficient (Wildman–Crippen LogP) is 0.159. The third-order valence-corrected chi connectivity index (χ3v) is 3.01. The number of hydrogen-bond donors (Lipinski definition) is 2. The van der Waals surface area contributed by atoms with Crippen molar-refractivity contribution in [3.8, 4) is 5.75 Å². The Hall–Kier alpha value is -1.66. The number of hydrogen-bond acceptors (Lipinski definition) is 4. The summed E-state index contributed by atoms with van der Waals surface area (Å²) >= 11 is 0. The number of β-amino-alcohol motifs (C(OH)–C–C–N with tert-alkyl or cyclic N) is 2. The van der Waals surface area contributed by atoms with Gasteiger partial charge < -0.3 is 19.8 Å². The van der Waals surface area contributed by atoms with Crippen LogP contribution < -0.4 is 4.74 Å². The number of ether oxygens (including phenoxy) is 1. The van der Waals surface area contributed by atoms with Crippen LogP contribution in [0.15, 0.2) is 24.3 Å². The Kier molecular flexibility index (Phi) is 4.34. The number of carbonyl (C=O) groups excluding carboxylic acids is 1. The molecule has 1 aliphatic rings. The molecule has 1 aliphatic heterocycles. The fourth-order valence-corrected chi connectivity index (χ4v) is 1.92. The number of nitrogens with zero attached hydrogens (tertiary/aromatic N) is 1. The fraction of sp³-hybridized carbons (Fsp3) is 0.462. The van der Waals surface area contributed by atoms with Gasteiger partial charge in [-0.1, -0.05) is 0 Å². The standard InChI is InChI=1S/C13H16FNO4/c14-9-1-3-10(4-2-9)19-6-5-13(18)15-7-11(16)12(17)8-15/h1-4,11-12,16-17H,5-8H2. The van der Waals surface area contributed by atoms with E-state index in [1.165, 1.54) is 29.2 Å². The summed E-state index contributed by atoms with van der Waals surface area (Å²) in [6.45, 7) is 0.472. The number of likely N-dealkylation sites (tertiary alicyclic amines) is 1. The molecule has 2 unspecified atom stereocenters. The number of aliphatic hydroxyl groups excluding tert-OH is 2. The Morgan fingerprint density at radius 2 is 1.84 bits per heavy atom. The van der Waals surface area contributed by atoms with E-state index in [0.29, 0.717) is 5.75 Å². The molecule has 19 heavy (non-hydrogen) atoms. The van der Waals surface area contributed by atoms with Gasteiger partial charge in [0.05, 0.1) is 25.2 Å². The number of carbonyl (C=O) groups is 1. The van der Waals surface area contributed by atoms with Crippen LogP contribution in [0.25, 0.3) is 0 Å². The monoisotopic (exact) mass is 269 g/mol. The SMILES string of the molecule is O=C(CCOc1ccc(F)cc1)N1CC(O)C(O)C1. The van der Waals surface area contributed by atoms with E-state index in [2.05, 4.69) is 0 Å². The van der Waals surface area contributed by atoms with Crippen molar-refractivity contribution in [3.05, 3.63) is 30.1 Å². The lowest BCUT2D eigenvalue weighted by molar-refractivity contribution is -0.131. The first-order chi connectivity index (χ1) is 9.06. The van der Waals surface area contributed by atoms with Crippen LogP contribution >= 0.6 is 0 Å². The van der Waals surface area contributed by atoms with Crippen LogP contribution in [0.4, 0.5) is 4.39 Å². The van der Waals surface area contributed by atoms with Crippen molar-refractivity contribution < 1.29 is 24.1 Å². The first-order valence-corrected chi connectivity index (χ1v) is 6.08. The first kappa shape index (κ1) is 13.8. The second kappa shape index (κ2) is 5.99. The van der Waals surface area contributed by atoms with Crippen molar-refractivity contribution in [3.63, 3.8) is 0 Å². The number of aliphatic hydroxyl groups is 2. The molecule has 0 aliphatic carbocycles. The predicted molar refractivity (Wildman–Crippen MR) is 65.1 cm³/mol. The summed E-state index contributed by atoms with van der Waals surface area (Å²) in [4.78, 5) is 13.2. The quantitative estimate of drug-likeness (QED) is 0.817. The van der Waals surface area contributed by atoms with E-state index in [9.17, 15) is 19.4 Å².